The van der Waals surface area contributed by atoms with Gasteiger partial charge in [-0.2, -0.15) is 4.98 Å². The van der Waals surface area contributed by atoms with Crippen LogP contribution in [0.15, 0.2) is 24.4 Å². The highest BCUT2D eigenvalue weighted by Gasteiger charge is 2.08. The molecular weight excluding hydrogens is 275 g/mol. The summed E-state index contributed by atoms with van der Waals surface area (Å²) in [5.74, 6) is 0.428. The molecule has 0 fully saturated rings. The van der Waals surface area contributed by atoms with Gasteiger partial charge in [0, 0.05) is 16.8 Å². The third kappa shape index (κ3) is 2.90. The van der Waals surface area contributed by atoms with Crippen molar-refractivity contribution >= 4 is 23.2 Å². The average molecular weight is 285 g/mol. The maximum atomic E-state index is 9.02. The molecule has 0 unspecified atom stereocenters. The van der Waals surface area contributed by atoms with Crippen LogP contribution < -0.4 is 4.74 Å². The minimum atomic E-state index is -0.103. The zero-order chi connectivity index (χ0) is 13.1. The number of hydrogen-bond acceptors (Lipinski definition) is 4. The predicted molar refractivity (Wildman–Crippen MR) is 69.2 cm³/mol. The van der Waals surface area contributed by atoms with Gasteiger partial charge in [-0.25, -0.2) is 4.98 Å². The molecule has 2 aromatic rings. The molecule has 4 nitrogen and oxygen atoms in total. The lowest BCUT2D eigenvalue weighted by Gasteiger charge is -2.07. The lowest BCUT2D eigenvalue weighted by atomic mass is 10.3. The van der Waals surface area contributed by atoms with Crippen LogP contribution in [0.4, 0.5) is 0 Å². The van der Waals surface area contributed by atoms with Gasteiger partial charge < -0.3 is 9.84 Å². The zero-order valence-corrected chi connectivity index (χ0v) is 11.0. The van der Waals surface area contributed by atoms with Crippen LogP contribution in [0.25, 0.3) is 0 Å². The van der Waals surface area contributed by atoms with E-state index >= 15 is 0 Å². The van der Waals surface area contributed by atoms with E-state index in [-0.39, 0.29) is 12.6 Å². The van der Waals surface area contributed by atoms with Crippen molar-refractivity contribution in [1.82, 2.24) is 9.97 Å². The van der Waals surface area contributed by atoms with Crippen molar-refractivity contribution in [2.45, 2.75) is 13.5 Å². The van der Waals surface area contributed by atoms with Crippen molar-refractivity contribution < 1.29 is 9.84 Å². The minimum Gasteiger partial charge on any atom is -0.423 e. The summed E-state index contributed by atoms with van der Waals surface area (Å²) in [6, 6.07) is 5.06. The Hall–Kier alpha value is -1.36. The Morgan fingerprint density at radius 2 is 2.11 bits per heavy atom. The van der Waals surface area contributed by atoms with E-state index < -0.39 is 0 Å². The Morgan fingerprint density at radius 1 is 1.33 bits per heavy atom. The molecule has 0 radical (unpaired) electrons. The maximum absolute atomic E-state index is 9.02. The molecule has 1 N–H and O–H groups in total. The number of ether oxygens (including phenoxy) is 1. The van der Waals surface area contributed by atoms with Crippen LogP contribution >= 0.6 is 23.2 Å². The largest absolute Gasteiger partial charge is 0.423 e. The Kier molecular flexibility index (Phi) is 4.01. The molecule has 0 saturated carbocycles. The molecule has 1 aromatic carbocycles. The fourth-order valence-corrected chi connectivity index (χ4v) is 1.78. The molecule has 2 rings (SSSR count). The molecule has 0 bridgehead atoms. The zero-order valence-electron chi connectivity index (χ0n) is 9.52. The molecule has 0 spiro atoms. The highest BCUT2D eigenvalue weighted by molar-refractivity contribution is 6.35. The number of aliphatic hydroxyl groups is 1. The maximum Gasteiger partial charge on any atom is 0.322 e. The molecule has 0 atom stereocenters. The van der Waals surface area contributed by atoms with Gasteiger partial charge in [-0.3, -0.25) is 0 Å². The Balaban J connectivity index is 2.26. The molecule has 18 heavy (non-hydrogen) atoms. The summed E-state index contributed by atoms with van der Waals surface area (Å²) < 4.78 is 5.45. The Bertz CT molecular complexity index is 576. The summed E-state index contributed by atoms with van der Waals surface area (Å²) in [5.41, 5.74) is 1.32. The second-order valence-electron chi connectivity index (χ2n) is 3.60. The minimum absolute atomic E-state index is 0.103. The van der Waals surface area contributed by atoms with Gasteiger partial charge in [0.25, 0.3) is 0 Å². The first kappa shape index (κ1) is 13.1. The molecule has 6 heteroatoms. The summed E-state index contributed by atoms with van der Waals surface area (Å²) in [5, 5.41) is 9.93. The van der Waals surface area contributed by atoms with Crippen molar-refractivity contribution in [3.05, 3.63) is 45.7 Å². The second-order valence-corrected chi connectivity index (χ2v) is 4.44. The summed E-state index contributed by atoms with van der Waals surface area (Å²) in [6.45, 7) is 1.66. The van der Waals surface area contributed by atoms with Crippen molar-refractivity contribution in [1.29, 1.82) is 0 Å². The fraction of sp³-hybridized carbons (Fsp3) is 0.167. The van der Waals surface area contributed by atoms with Crippen molar-refractivity contribution in [2.24, 2.45) is 0 Å². The lowest BCUT2D eigenvalue weighted by Crippen LogP contribution is -1.98. The van der Waals surface area contributed by atoms with Gasteiger partial charge in [-0.15, -0.1) is 0 Å². The third-order valence-electron chi connectivity index (χ3n) is 2.32. The van der Waals surface area contributed by atoms with Crippen molar-refractivity contribution in [2.75, 3.05) is 0 Å². The highest BCUT2D eigenvalue weighted by Crippen LogP contribution is 2.30. The third-order valence-corrected chi connectivity index (χ3v) is 2.85. The number of nitrogens with zero attached hydrogens (tertiary/aromatic N) is 2. The molecule has 94 valence electrons. The Labute approximate surface area is 114 Å². The molecule has 0 saturated heterocycles. The second kappa shape index (κ2) is 5.52. The number of aromatic nitrogens is 2. The fourth-order valence-electron chi connectivity index (χ4n) is 1.33. The van der Waals surface area contributed by atoms with Crippen LogP contribution in [0, 0.1) is 6.92 Å². The molecule has 1 heterocycles. The average Bonchev–Trinajstić information content (AvgIpc) is 2.33. The van der Waals surface area contributed by atoms with Gasteiger partial charge in [0.15, 0.2) is 0 Å². The van der Waals surface area contributed by atoms with E-state index in [1.807, 2.05) is 0 Å². The highest BCUT2D eigenvalue weighted by atomic mass is 35.5. The quantitative estimate of drug-likeness (QED) is 0.939. The van der Waals surface area contributed by atoms with E-state index in [4.69, 9.17) is 33.0 Å². The van der Waals surface area contributed by atoms with Crippen molar-refractivity contribution in [3.8, 4) is 11.8 Å². The molecule has 1 aromatic heterocycles. The Morgan fingerprint density at radius 3 is 2.72 bits per heavy atom. The van der Waals surface area contributed by atoms with E-state index in [2.05, 4.69) is 9.97 Å². The number of aryl methyl sites for hydroxylation is 1. The van der Waals surface area contributed by atoms with Gasteiger partial charge in [-0.05, 0) is 25.1 Å². The SMILES string of the molecule is Cc1nc(Oc2ccc(Cl)cc2Cl)ncc1CO. The van der Waals surface area contributed by atoms with Gasteiger partial charge in [0.1, 0.15) is 5.75 Å². The molecule has 0 aliphatic heterocycles. The number of benzene rings is 1. The van der Waals surface area contributed by atoms with E-state index in [1.165, 1.54) is 6.20 Å². The summed E-state index contributed by atoms with van der Waals surface area (Å²) in [4.78, 5) is 8.10. The topological polar surface area (TPSA) is 55.2 Å². The standard InChI is InChI=1S/C12H10Cl2N2O2/c1-7-8(6-17)5-15-12(16-7)18-11-3-2-9(13)4-10(11)14/h2-5,17H,6H2,1H3. The lowest BCUT2D eigenvalue weighted by molar-refractivity contribution is 0.279. The summed E-state index contributed by atoms with van der Waals surface area (Å²) >= 11 is 11.8. The van der Waals surface area contributed by atoms with E-state index in [0.717, 1.165) is 0 Å². The van der Waals surface area contributed by atoms with Crippen LogP contribution in [0.5, 0.6) is 11.8 Å². The van der Waals surface area contributed by atoms with E-state index in [0.29, 0.717) is 27.1 Å². The first-order chi connectivity index (χ1) is 8.60. The van der Waals surface area contributed by atoms with E-state index in [1.54, 1.807) is 25.1 Å². The van der Waals surface area contributed by atoms with Crippen molar-refractivity contribution in [3.63, 3.8) is 0 Å². The monoisotopic (exact) mass is 284 g/mol. The van der Waals surface area contributed by atoms with Crippen LogP contribution in [0.2, 0.25) is 10.0 Å². The van der Waals surface area contributed by atoms with Gasteiger partial charge >= 0.3 is 6.01 Å². The molecule has 0 aliphatic carbocycles. The van der Waals surface area contributed by atoms with Gasteiger partial charge in [0.05, 0.1) is 17.3 Å². The number of aliphatic hydroxyl groups excluding tert-OH is 1. The predicted octanol–water partition coefficient (Wildman–Crippen LogP) is 3.38. The summed E-state index contributed by atoms with van der Waals surface area (Å²) in [7, 11) is 0. The van der Waals surface area contributed by atoms with Crippen LogP contribution in [0.3, 0.4) is 0 Å². The molecule has 0 aliphatic rings. The smallest absolute Gasteiger partial charge is 0.322 e. The number of halogens is 2. The number of hydrogen-bond donors (Lipinski definition) is 1. The first-order valence-electron chi connectivity index (χ1n) is 5.16. The normalized spacial score (nSPS) is 10.4. The molecular formula is C12H10Cl2N2O2. The van der Waals surface area contributed by atoms with E-state index in [9.17, 15) is 0 Å². The van der Waals surface area contributed by atoms with Crippen LogP contribution in [0.1, 0.15) is 11.3 Å². The van der Waals surface area contributed by atoms with Gasteiger partial charge in [0.2, 0.25) is 0 Å². The number of rotatable bonds is 3. The van der Waals surface area contributed by atoms with Gasteiger partial charge in [-0.1, -0.05) is 23.2 Å². The first-order valence-corrected chi connectivity index (χ1v) is 5.92. The molecule has 0 amide bonds. The summed E-state index contributed by atoms with van der Waals surface area (Å²) in [6.07, 6.45) is 1.52. The van der Waals surface area contributed by atoms with Crippen LogP contribution in [-0.2, 0) is 6.61 Å². The van der Waals surface area contributed by atoms with Crippen LogP contribution in [-0.4, -0.2) is 15.1 Å².